The first kappa shape index (κ1) is 9.96. The van der Waals surface area contributed by atoms with Crippen molar-refractivity contribution in [3.63, 3.8) is 0 Å². The van der Waals surface area contributed by atoms with Crippen LogP contribution in [0.1, 0.15) is 31.7 Å². The van der Waals surface area contributed by atoms with E-state index in [4.69, 9.17) is 5.21 Å². The average molecular weight is 205 g/mol. The first-order valence-corrected chi connectivity index (χ1v) is 5.27. The van der Waals surface area contributed by atoms with Crippen molar-refractivity contribution in [2.45, 2.75) is 31.7 Å². The maximum Gasteiger partial charge on any atom is 0.0936 e. The molecule has 4 heteroatoms. The van der Waals surface area contributed by atoms with Crippen molar-refractivity contribution in [1.82, 2.24) is 9.78 Å². The molecular weight excluding hydrogens is 190 g/mol. The molecule has 0 amide bonds. The fourth-order valence-electron chi connectivity index (χ4n) is 1.92. The lowest BCUT2D eigenvalue weighted by atomic mass is 9.99. The van der Waals surface area contributed by atoms with E-state index in [2.05, 4.69) is 22.4 Å². The number of rotatable bonds is 1. The molecule has 0 saturated carbocycles. The molecule has 0 fully saturated rings. The van der Waals surface area contributed by atoms with Crippen LogP contribution in [-0.4, -0.2) is 20.7 Å². The number of hydrogen-bond acceptors (Lipinski definition) is 3. The van der Waals surface area contributed by atoms with E-state index in [0.29, 0.717) is 0 Å². The van der Waals surface area contributed by atoms with E-state index in [0.717, 1.165) is 31.4 Å². The van der Waals surface area contributed by atoms with Crippen molar-refractivity contribution in [2.24, 2.45) is 5.16 Å². The van der Waals surface area contributed by atoms with Gasteiger partial charge < -0.3 is 5.21 Å². The molecular formula is C11H15N3O. The van der Waals surface area contributed by atoms with Gasteiger partial charge in [0.05, 0.1) is 11.8 Å². The third-order valence-corrected chi connectivity index (χ3v) is 2.70. The van der Waals surface area contributed by atoms with Gasteiger partial charge >= 0.3 is 0 Å². The molecule has 4 nitrogen and oxygen atoms in total. The predicted molar refractivity (Wildman–Crippen MR) is 58.1 cm³/mol. The van der Waals surface area contributed by atoms with Crippen LogP contribution in [0.2, 0.25) is 0 Å². The molecule has 1 N–H and O–H groups in total. The molecule has 1 atom stereocenters. The van der Waals surface area contributed by atoms with E-state index in [1.807, 2.05) is 16.9 Å². The molecule has 2 rings (SSSR count). The van der Waals surface area contributed by atoms with E-state index in [-0.39, 0.29) is 6.04 Å². The van der Waals surface area contributed by atoms with Gasteiger partial charge in [0.2, 0.25) is 0 Å². The van der Waals surface area contributed by atoms with Crippen molar-refractivity contribution in [3.8, 4) is 0 Å². The topological polar surface area (TPSA) is 50.4 Å². The molecule has 1 aromatic rings. The van der Waals surface area contributed by atoms with Gasteiger partial charge in [-0.1, -0.05) is 17.3 Å². The summed E-state index contributed by atoms with van der Waals surface area (Å²) in [6.45, 7) is 0. The molecule has 1 unspecified atom stereocenters. The Morgan fingerprint density at radius 1 is 1.40 bits per heavy atom. The lowest BCUT2D eigenvalue weighted by Gasteiger charge is -2.19. The second-order valence-electron chi connectivity index (χ2n) is 3.68. The van der Waals surface area contributed by atoms with Gasteiger partial charge in [-0.25, -0.2) is 0 Å². The Morgan fingerprint density at radius 2 is 2.27 bits per heavy atom. The van der Waals surface area contributed by atoms with Crippen LogP contribution < -0.4 is 0 Å². The molecule has 1 heterocycles. The molecule has 15 heavy (non-hydrogen) atoms. The fraction of sp³-hybridized carbons (Fsp3) is 0.455. The maximum atomic E-state index is 9.00. The quantitative estimate of drug-likeness (QED) is 0.434. The Labute approximate surface area is 88.9 Å². The molecule has 1 aromatic heterocycles. The number of nitrogens with zero attached hydrogens (tertiary/aromatic N) is 3. The van der Waals surface area contributed by atoms with Crippen LogP contribution in [-0.2, 0) is 0 Å². The molecule has 0 saturated heterocycles. The number of allylic oxidation sites excluding steroid dienone is 2. The minimum absolute atomic E-state index is 0.106. The van der Waals surface area contributed by atoms with Crippen molar-refractivity contribution in [1.29, 1.82) is 0 Å². The third kappa shape index (κ3) is 2.26. The number of oxime groups is 1. The van der Waals surface area contributed by atoms with Crippen LogP contribution in [0, 0.1) is 0 Å². The monoisotopic (exact) mass is 205 g/mol. The van der Waals surface area contributed by atoms with E-state index < -0.39 is 0 Å². The van der Waals surface area contributed by atoms with Crippen LogP contribution in [0.3, 0.4) is 0 Å². The molecule has 1 aliphatic rings. The first-order chi connectivity index (χ1) is 7.42. The van der Waals surface area contributed by atoms with Crippen LogP contribution in [0.4, 0.5) is 0 Å². The fourth-order valence-corrected chi connectivity index (χ4v) is 1.92. The van der Waals surface area contributed by atoms with Gasteiger partial charge in [-0.3, -0.25) is 4.68 Å². The summed E-state index contributed by atoms with van der Waals surface area (Å²) in [7, 11) is 0. The summed E-state index contributed by atoms with van der Waals surface area (Å²) < 4.78 is 1.87. The summed E-state index contributed by atoms with van der Waals surface area (Å²) >= 11 is 0. The van der Waals surface area contributed by atoms with E-state index >= 15 is 0 Å². The van der Waals surface area contributed by atoms with Gasteiger partial charge in [0.25, 0.3) is 0 Å². The first-order valence-electron chi connectivity index (χ1n) is 5.27. The Hall–Kier alpha value is -1.58. The highest BCUT2D eigenvalue weighted by Gasteiger charge is 2.18. The summed E-state index contributed by atoms with van der Waals surface area (Å²) in [4.78, 5) is 0. The SMILES string of the molecule is ON=C1CCC=CCCC1n1cccn1. The van der Waals surface area contributed by atoms with E-state index in [1.54, 1.807) is 6.20 Å². The van der Waals surface area contributed by atoms with Crippen LogP contribution in [0.5, 0.6) is 0 Å². The third-order valence-electron chi connectivity index (χ3n) is 2.70. The van der Waals surface area contributed by atoms with Crippen LogP contribution in [0.25, 0.3) is 0 Å². The highest BCUT2D eigenvalue weighted by Crippen LogP contribution is 2.20. The average Bonchev–Trinajstić information content (AvgIpc) is 2.71. The minimum Gasteiger partial charge on any atom is -0.411 e. The van der Waals surface area contributed by atoms with Crippen molar-refractivity contribution >= 4 is 5.71 Å². The van der Waals surface area contributed by atoms with Gasteiger partial charge in [-0.15, -0.1) is 0 Å². The molecule has 0 spiro atoms. The van der Waals surface area contributed by atoms with Crippen molar-refractivity contribution in [2.75, 3.05) is 0 Å². The summed E-state index contributed by atoms with van der Waals surface area (Å²) in [6.07, 6.45) is 11.7. The lowest BCUT2D eigenvalue weighted by Crippen LogP contribution is -2.21. The molecule has 0 bridgehead atoms. The molecule has 1 aliphatic carbocycles. The van der Waals surface area contributed by atoms with Crippen LogP contribution >= 0.6 is 0 Å². The van der Waals surface area contributed by atoms with Gasteiger partial charge in [0.1, 0.15) is 0 Å². The summed E-state index contributed by atoms with van der Waals surface area (Å²) in [6, 6.07) is 2.00. The highest BCUT2D eigenvalue weighted by atomic mass is 16.4. The second kappa shape index (κ2) is 4.77. The standard InChI is InChI=1S/C11H15N3O/c15-13-10-6-3-1-2-4-7-11(10)14-9-5-8-12-14/h1-2,5,8-9,11,15H,3-4,6-7H2. The minimum atomic E-state index is 0.106. The van der Waals surface area contributed by atoms with Gasteiger partial charge in [-0.05, 0) is 31.7 Å². The number of aromatic nitrogens is 2. The van der Waals surface area contributed by atoms with Gasteiger partial charge in [0.15, 0.2) is 0 Å². The Balaban J connectivity index is 2.22. The summed E-state index contributed by atoms with van der Waals surface area (Å²) in [5.74, 6) is 0. The van der Waals surface area contributed by atoms with Gasteiger partial charge in [-0.2, -0.15) is 5.10 Å². The smallest absolute Gasteiger partial charge is 0.0936 e. The zero-order chi connectivity index (χ0) is 10.5. The highest BCUT2D eigenvalue weighted by molar-refractivity contribution is 5.87. The zero-order valence-electron chi connectivity index (χ0n) is 8.58. The maximum absolute atomic E-state index is 9.00. The largest absolute Gasteiger partial charge is 0.411 e. The molecule has 0 radical (unpaired) electrons. The predicted octanol–water partition coefficient (Wildman–Crippen LogP) is 2.38. The van der Waals surface area contributed by atoms with Crippen LogP contribution in [0.15, 0.2) is 35.8 Å². The normalized spacial score (nSPS) is 25.1. The Kier molecular flexibility index (Phi) is 3.17. The molecule has 0 aromatic carbocycles. The number of hydrogen-bond donors (Lipinski definition) is 1. The second-order valence-corrected chi connectivity index (χ2v) is 3.68. The lowest BCUT2D eigenvalue weighted by molar-refractivity contribution is 0.310. The molecule has 80 valence electrons. The van der Waals surface area contributed by atoms with E-state index in [1.165, 1.54) is 0 Å². The van der Waals surface area contributed by atoms with Crippen molar-refractivity contribution < 1.29 is 5.21 Å². The van der Waals surface area contributed by atoms with E-state index in [9.17, 15) is 0 Å². The molecule has 0 aliphatic heterocycles. The van der Waals surface area contributed by atoms with Gasteiger partial charge in [0, 0.05) is 12.4 Å². The zero-order valence-corrected chi connectivity index (χ0v) is 8.58. The summed E-state index contributed by atoms with van der Waals surface area (Å²) in [5, 5.41) is 16.6. The Morgan fingerprint density at radius 3 is 3.00 bits per heavy atom. The summed E-state index contributed by atoms with van der Waals surface area (Å²) in [5.41, 5.74) is 0.822. The Bertz CT molecular complexity index is 354. The van der Waals surface area contributed by atoms with Crippen molar-refractivity contribution in [3.05, 3.63) is 30.6 Å².